The molecular weight excluding hydrogens is 646 g/mol. The number of amides is 2. The summed E-state index contributed by atoms with van der Waals surface area (Å²) in [5.74, 6) is 0.532. The fourth-order valence-electron chi connectivity index (χ4n) is 5.20. The van der Waals surface area contributed by atoms with Crippen molar-refractivity contribution in [1.82, 2.24) is 9.80 Å². The van der Waals surface area contributed by atoms with Crippen LogP contribution >= 0.6 is 0 Å². The lowest BCUT2D eigenvalue weighted by molar-refractivity contribution is 0.0287. The average molecular weight is 686 g/mol. The van der Waals surface area contributed by atoms with Gasteiger partial charge in [-0.1, -0.05) is 54.6 Å². The monoisotopic (exact) mass is 685 g/mol. The smallest absolute Gasteiger partial charge is 0.415 e. The molecule has 49 heavy (non-hydrogen) atoms. The van der Waals surface area contributed by atoms with Gasteiger partial charge in [0.25, 0.3) is 10.0 Å². The number of aromatic hydroxyl groups is 1. The second-order valence-corrected chi connectivity index (χ2v) is 14.2. The topological polar surface area (TPSA) is 135 Å². The first-order valence-electron chi connectivity index (χ1n) is 15.5. The van der Waals surface area contributed by atoms with Gasteiger partial charge in [-0.05, 0) is 67.9 Å². The van der Waals surface area contributed by atoms with E-state index in [4.69, 9.17) is 14.2 Å². The quantitative estimate of drug-likeness (QED) is 0.153. The van der Waals surface area contributed by atoms with Gasteiger partial charge in [-0.2, -0.15) is 0 Å². The molecule has 0 atom stereocenters. The normalized spacial score (nSPS) is 11.6. The van der Waals surface area contributed by atoms with Crippen molar-refractivity contribution < 1.29 is 37.3 Å². The molecular formula is C37H39N3O8S. The Morgan fingerprint density at radius 3 is 2.02 bits per heavy atom. The maximum Gasteiger partial charge on any atom is 0.415 e. The molecule has 11 nitrogen and oxygen atoms in total. The lowest BCUT2D eigenvalue weighted by atomic mass is 9.93. The number of ether oxygens (including phenoxy) is 3. The summed E-state index contributed by atoms with van der Waals surface area (Å²) in [4.78, 5) is 28.5. The number of hydrogen-bond donors (Lipinski definition) is 2. The number of likely N-dealkylation sites (N-methyl/N-ethyl adjacent to an activating group) is 2. The lowest BCUT2D eigenvalue weighted by Gasteiger charge is -2.26. The summed E-state index contributed by atoms with van der Waals surface area (Å²) in [6, 6.07) is 25.2. The number of methoxy groups -OCH3 is 1. The molecule has 5 aromatic rings. The zero-order valence-electron chi connectivity index (χ0n) is 28.2. The van der Waals surface area contributed by atoms with Gasteiger partial charge in [0.15, 0.2) is 0 Å². The zero-order chi connectivity index (χ0) is 35.5. The molecule has 0 aliphatic carbocycles. The minimum Gasteiger partial charge on any atom is -0.507 e. The second kappa shape index (κ2) is 13.9. The summed E-state index contributed by atoms with van der Waals surface area (Å²) in [6.07, 6.45) is -1.22. The molecule has 0 radical (unpaired) electrons. The van der Waals surface area contributed by atoms with E-state index in [1.165, 1.54) is 35.1 Å². The van der Waals surface area contributed by atoms with Crippen LogP contribution in [0.5, 0.6) is 17.2 Å². The van der Waals surface area contributed by atoms with Gasteiger partial charge in [-0.25, -0.2) is 18.0 Å². The van der Waals surface area contributed by atoms with E-state index in [9.17, 15) is 23.1 Å². The maximum atomic E-state index is 13.6. The Bertz CT molecular complexity index is 2130. The molecule has 5 aromatic carbocycles. The van der Waals surface area contributed by atoms with Crippen molar-refractivity contribution in [1.29, 1.82) is 0 Å². The van der Waals surface area contributed by atoms with Crippen LogP contribution in [-0.2, 0) is 14.8 Å². The Labute approximate surface area is 285 Å². The van der Waals surface area contributed by atoms with Gasteiger partial charge >= 0.3 is 12.2 Å². The van der Waals surface area contributed by atoms with Crippen molar-refractivity contribution in [2.75, 3.05) is 39.0 Å². The van der Waals surface area contributed by atoms with Crippen molar-refractivity contribution in [2.45, 2.75) is 31.3 Å². The highest BCUT2D eigenvalue weighted by molar-refractivity contribution is 7.92. The number of sulfonamides is 1. The summed E-state index contributed by atoms with van der Waals surface area (Å²) in [7, 11) is 0.552. The van der Waals surface area contributed by atoms with E-state index in [1.54, 1.807) is 83.4 Å². The third-order valence-corrected chi connectivity index (χ3v) is 9.16. The van der Waals surface area contributed by atoms with Crippen LogP contribution in [0.1, 0.15) is 20.8 Å². The number of carbonyl (C=O) groups excluding carboxylic acids is 2. The largest absolute Gasteiger partial charge is 0.507 e. The van der Waals surface area contributed by atoms with Gasteiger partial charge in [-0.3, -0.25) is 4.72 Å². The molecule has 0 bridgehead atoms. The average Bonchev–Trinajstić information content (AvgIpc) is 3.07. The fraction of sp³-hybridized carbons (Fsp3) is 0.243. The number of benzene rings is 5. The molecule has 256 valence electrons. The molecule has 0 spiro atoms. The molecule has 0 unspecified atom stereocenters. The first kappa shape index (κ1) is 34.8. The highest BCUT2D eigenvalue weighted by Gasteiger charge is 2.25. The number of hydrogen-bond acceptors (Lipinski definition) is 8. The molecule has 2 amide bonds. The minimum absolute atomic E-state index is 0.0205. The number of phenols is 1. The van der Waals surface area contributed by atoms with Gasteiger partial charge in [-0.15, -0.1) is 0 Å². The lowest BCUT2D eigenvalue weighted by Crippen LogP contribution is -2.40. The third kappa shape index (κ3) is 7.81. The molecule has 0 aromatic heterocycles. The zero-order valence-corrected chi connectivity index (χ0v) is 29.0. The number of rotatable bonds is 9. The predicted octanol–water partition coefficient (Wildman–Crippen LogP) is 7.47. The van der Waals surface area contributed by atoms with Crippen molar-refractivity contribution in [3.63, 3.8) is 0 Å². The van der Waals surface area contributed by atoms with Crippen LogP contribution in [0.25, 0.3) is 32.7 Å². The number of nitrogens with one attached hydrogen (secondary N) is 1. The summed E-state index contributed by atoms with van der Waals surface area (Å²) in [5, 5.41) is 14.0. The van der Waals surface area contributed by atoms with Crippen molar-refractivity contribution in [3.05, 3.63) is 91.0 Å². The van der Waals surface area contributed by atoms with Gasteiger partial charge in [0.1, 0.15) is 22.8 Å². The summed E-state index contributed by atoms with van der Waals surface area (Å²) < 4.78 is 46.3. The molecule has 0 heterocycles. The van der Waals surface area contributed by atoms with Crippen LogP contribution in [-0.4, -0.2) is 75.4 Å². The summed E-state index contributed by atoms with van der Waals surface area (Å²) in [6.45, 7) is 5.66. The van der Waals surface area contributed by atoms with Gasteiger partial charge < -0.3 is 29.1 Å². The van der Waals surface area contributed by atoms with E-state index < -0.39 is 27.8 Å². The first-order valence-corrected chi connectivity index (χ1v) is 17.0. The Balaban J connectivity index is 1.54. The van der Waals surface area contributed by atoms with Crippen molar-refractivity contribution >= 4 is 49.4 Å². The Kier molecular flexibility index (Phi) is 9.90. The molecule has 2 N–H and O–H groups in total. The fourth-order valence-corrected chi connectivity index (χ4v) is 6.27. The van der Waals surface area contributed by atoms with Gasteiger partial charge in [0.2, 0.25) is 0 Å². The summed E-state index contributed by atoms with van der Waals surface area (Å²) in [5.41, 5.74) is 0.190. The Morgan fingerprint density at radius 2 is 1.39 bits per heavy atom. The highest BCUT2D eigenvalue weighted by Crippen LogP contribution is 2.46. The number of anilines is 1. The molecule has 0 saturated carbocycles. The predicted molar refractivity (Wildman–Crippen MR) is 190 cm³/mol. The van der Waals surface area contributed by atoms with E-state index >= 15 is 0 Å². The number of carbonyl (C=O) groups is 2. The number of fused-ring (bicyclic) bond motifs is 2. The summed E-state index contributed by atoms with van der Waals surface area (Å²) >= 11 is 0. The van der Waals surface area contributed by atoms with Crippen LogP contribution in [0, 0.1) is 0 Å². The van der Waals surface area contributed by atoms with E-state index in [-0.39, 0.29) is 40.7 Å². The van der Waals surface area contributed by atoms with Crippen LogP contribution < -0.4 is 14.2 Å². The van der Waals surface area contributed by atoms with E-state index in [2.05, 4.69) is 4.72 Å². The van der Waals surface area contributed by atoms with Crippen molar-refractivity contribution in [3.8, 4) is 28.4 Å². The van der Waals surface area contributed by atoms with E-state index in [0.717, 1.165) is 5.39 Å². The van der Waals surface area contributed by atoms with Gasteiger partial charge in [0.05, 0.1) is 17.7 Å². The van der Waals surface area contributed by atoms with Crippen LogP contribution in [0.4, 0.5) is 15.3 Å². The highest BCUT2D eigenvalue weighted by atomic mass is 32.2. The molecule has 12 heteroatoms. The SMILES string of the molecule is COc1ccc(S(=O)(=O)Nc2cc(-c3c(OC(=O)N(C)CCN(C)C(=O)OC(C)(C)C)ccc4ccccc34)c(O)c3ccccc23)cc1. The molecule has 0 aliphatic heterocycles. The minimum atomic E-state index is -4.07. The maximum absolute atomic E-state index is 13.6. The van der Waals surface area contributed by atoms with Crippen molar-refractivity contribution in [2.24, 2.45) is 0 Å². The molecule has 0 fully saturated rings. The van der Waals surface area contributed by atoms with Crippen LogP contribution in [0.3, 0.4) is 0 Å². The van der Waals surface area contributed by atoms with Gasteiger partial charge in [0, 0.05) is 49.1 Å². The standard InChI is InChI=1S/C37H39N3O8S/c1-37(2,3)48-36(43)40(5)22-21-39(4)35(42)47-32-20-15-24-11-7-8-12-27(24)33(32)30-23-31(28-13-9-10-14-29(28)34(30)41)38-49(44,45)26-18-16-25(46-6)17-19-26/h7-20,23,38,41H,21-22H2,1-6H3. The molecule has 0 saturated heterocycles. The van der Waals surface area contributed by atoms with E-state index in [1.807, 2.05) is 24.3 Å². The Hall–Kier alpha value is -5.49. The molecule has 5 rings (SSSR count). The second-order valence-electron chi connectivity index (χ2n) is 12.5. The third-order valence-electron chi connectivity index (χ3n) is 7.78. The first-order chi connectivity index (χ1) is 23.2. The number of phenolic OH excluding ortho intramolecular Hbond substituents is 1. The van der Waals surface area contributed by atoms with Crippen LogP contribution in [0.2, 0.25) is 0 Å². The Morgan fingerprint density at radius 1 is 0.796 bits per heavy atom. The number of nitrogens with zero attached hydrogens (tertiary/aromatic N) is 2. The van der Waals surface area contributed by atoms with E-state index in [0.29, 0.717) is 27.5 Å². The molecule has 0 aliphatic rings. The van der Waals surface area contributed by atoms with Crippen LogP contribution in [0.15, 0.2) is 95.9 Å².